The van der Waals surface area contributed by atoms with Gasteiger partial charge >= 0.3 is 0 Å². The Morgan fingerprint density at radius 1 is 0.958 bits per heavy atom. The third-order valence-electron chi connectivity index (χ3n) is 9.06. The summed E-state index contributed by atoms with van der Waals surface area (Å²) >= 11 is 0. The molecule has 0 unspecified atom stereocenters. The van der Waals surface area contributed by atoms with Gasteiger partial charge < -0.3 is 9.47 Å². The molecule has 1 spiro atoms. The summed E-state index contributed by atoms with van der Waals surface area (Å²) in [5, 5.41) is 0. The molecule has 1 heterocycles. The summed E-state index contributed by atoms with van der Waals surface area (Å²) < 4.78 is 11.9. The van der Waals surface area contributed by atoms with Gasteiger partial charge in [0.15, 0.2) is 5.79 Å². The Bertz CT molecular complexity index is 551. The molecule has 0 radical (unpaired) electrons. The summed E-state index contributed by atoms with van der Waals surface area (Å²) in [5.74, 6) is 2.45. The molecule has 5 rings (SSSR count). The van der Waals surface area contributed by atoms with E-state index in [1.807, 2.05) is 0 Å². The van der Waals surface area contributed by atoms with Crippen LogP contribution in [0.2, 0.25) is 0 Å². The van der Waals surface area contributed by atoms with E-state index < -0.39 is 5.79 Å². The van der Waals surface area contributed by atoms with Gasteiger partial charge in [0, 0.05) is 25.2 Å². The average Bonchev–Trinajstić information content (AvgIpc) is 3.16. The first-order valence-electron chi connectivity index (χ1n) is 10.3. The van der Waals surface area contributed by atoms with Crippen LogP contribution in [-0.2, 0) is 14.3 Å². The molecule has 0 bridgehead atoms. The SMILES string of the molecule is C[C@]12CCC[C@@H]1[C@@H]1CC(=O)[C@H]3CC4(CC[C@]3(C)[C@@H]1CC2)OCCO4. The predicted molar refractivity (Wildman–Crippen MR) is 91.4 cm³/mol. The van der Waals surface area contributed by atoms with Gasteiger partial charge in [-0.05, 0) is 60.7 Å². The van der Waals surface area contributed by atoms with Gasteiger partial charge in [0.05, 0.1) is 13.2 Å². The first kappa shape index (κ1) is 15.8. The van der Waals surface area contributed by atoms with Crippen LogP contribution >= 0.6 is 0 Å². The third kappa shape index (κ3) is 2.00. The number of hydrogen-bond donors (Lipinski definition) is 0. The summed E-state index contributed by atoms with van der Waals surface area (Å²) in [5.41, 5.74) is 0.711. The lowest BCUT2D eigenvalue weighted by atomic mass is 9.44. The summed E-state index contributed by atoms with van der Waals surface area (Å²) in [6.07, 6.45) is 10.6. The van der Waals surface area contributed by atoms with Crippen LogP contribution in [0, 0.1) is 34.5 Å². The first-order valence-corrected chi connectivity index (χ1v) is 10.3. The van der Waals surface area contributed by atoms with E-state index in [0.29, 0.717) is 30.3 Å². The van der Waals surface area contributed by atoms with Gasteiger partial charge in [0.2, 0.25) is 0 Å². The van der Waals surface area contributed by atoms with Crippen molar-refractivity contribution < 1.29 is 14.3 Å². The van der Waals surface area contributed by atoms with E-state index in [-0.39, 0.29) is 11.3 Å². The van der Waals surface area contributed by atoms with E-state index in [9.17, 15) is 4.79 Å². The van der Waals surface area contributed by atoms with Gasteiger partial charge in [0.25, 0.3) is 0 Å². The van der Waals surface area contributed by atoms with Crippen molar-refractivity contribution in [1.29, 1.82) is 0 Å². The maximum Gasteiger partial charge on any atom is 0.169 e. The second-order valence-corrected chi connectivity index (χ2v) is 10.0. The highest BCUT2D eigenvalue weighted by atomic mass is 16.7. The Morgan fingerprint density at radius 2 is 1.75 bits per heavy atom. The van der Waals surface area contributed by atoms with E-state index in [4.69, 9.17) is 9.47 Å². The van der Waals surface area contributed by atoms with Crippen LogP contribution in [0.3, 0.4) is 0 Å². The highest BCUT2D eigenvalue weighted by molar-refractivity contribution is 5.83. The van der Waals surface area contributed by atoms with Crippen LogP contribution in [-0.4, -0.2) is 24.8 Å². The Hall–Kier alpha value is -0.410. The molecule has 3 nitrogen and oxygen atoms in total. The van der Waals surface area contributed by atoms with Crippen molar-refractivity contribution in [3.8, 4) is 0 Å². The minimum atomic E-state index is -0.427. The normalized spacial score (nSPS) is 52.8. The highest BCUT2D eigenvalue weighted by Gasteiger charge is 2.62. The van der Waals surface area contributed by atoms with Gasteiger partial charge in [0.1, 0.15) is 5.78 Å². The number of Topliss-reactive ketones (excluding diaryl/α,β-unsaturated/α-hetero) is 1. The number of carbonyl (C=O) groups is 1. The number of carbonyl (C=O) groups excluding carboxylic acids is 1. The molecule has 24 heavy (non-hydrogen) atoms. The van der Waals surface area contributed by atoms with Crippen LogP contribution in [0.4, 0.5) is 0 Å². The van der Waals surface area contributed by atoms with E-state index >= 15 is 0 Å². The van der Waals surface area contributed by atoms with Crippen LogP contribution in [0.15, 0.2) is 0 Å². The number of fused-ring (bicyclic) bond motifs is 5. The van der Waals surface area contributed by atoms with Crippen molar-refractivity contribution in [2.24, 2.45) is 34.5 Å². The molecule has 1 aliphatic heterocycles. The van der Waals surface area contributed by atoms with Gasteiger partial charge in [-0.2, -0.15) is 0 Å². The summed E-state index contributed by atoms with van der Waals surface area (Å²) in [6, 6.07) is 0. The van der Waals surface area contributed by atoms with Crippen molar-refractivity contribution in [2.75, 3.05) is 13.2 Å². The Labute approximate surface area is 145 Å². The Morgan fingerprint density at radius 3 is 2.54 bits per heavy atom. The molecule has 0 aromatic carbocycles. The molecule has 6 atom stereocenters. The quantitative estimate of drug-likeness (QED) is 0.662. The monoisotopic (exact) mass is 332 g/mol. The minimum Gasteiger partial charge on any atom is -0.348 e. The van der Waals surface area contributed by atoms with Crippen molar-refractivity contribution in [2.45, 2.75) is 77.4 Å². The lowest BCUT2D eigenvalue weighted by Crippen LogP contribution is -2.58. The van der Waals surface area contributed by atoms with E-state index in [1.54, 1.807) is 0 Å². The van der Waals surface area contributed by atoms with Gasteiger partial charge in [-0.25, -0.2) is 0 Å². The fourth-order valence-electron chi connectivity index (χ4n) is 7.72. The topological polar surface area (TPSA) is 35.5 Å². The minimum absolute atomic E-state index is 0.163. The second kappa shape index (κ2) is 5.07. The maximum atomic E-state index is 13.2. The smallest absolute Gasteiger partial charge is 0.169 e. The molecule has 0 N–H and O–H groups in total. The molecule has 0 amide bonds. The van der Waals surface area contributed by atoms with E-state index in [0.717, 1.165) is 37.5 Å². The van der Waals surface area contributed by atoms with E-state index in [2.05, 4.69) is 13.8 Å². The van der Waals surface area contributed by atoms with Crippen LogP contribution in [0.1, 0.15) is 71.6 Å². The number of ketones is 1. The molecular weight excluding hydrogens is 300 g/mol. The molecular formula is C21H32O3. The largest absolute Gasteiger partial charge is 0.348 e. The second-order valence-electron chi connectivity index (χ2n) is 10.0. The van der Waals surface area contributed by atoms with Crippen molar-refractivity contribution in [1.82, 2.24) is 0 Å². The maximum absolute atomic E-state index is 13.2. The molecule has 1 saturated heterocycles. The van der Waals surface area contributed by atoms with Gasteiger partial charge in [-0.1, -0.05) is 20.3 Å². The van der Waals surface area contributed by atoms with Crippen LogP contribution in [0.5, 0.6) is 0 Å². The number of ether oxygens (including phenoxy) is 2. The summed E-state index contributed by atoms with van der Waals surface area (Å²) in [7, 11) is 0. The standard InChI is InChI=1S/C21H32O3/c1-19-6-3-4-15(19)14-12-18(22)17-13-21(23-10-11-24-21)9-8-20(17,2)16(14)5-7-19/h14-17H,3-13H2,1-2H3/t14-,15+,16+,17+,19+,20+/m0/s1. The Balaban J connectivity index is 1.46. The van der Waals surface area contributed by atoms with Crippen molar-refractivity contribution in [3.63, 3.8) is 0 Å². The highest BCUT2D eigenvalue weighted by Crippen LogP contribution is 2.66. The zero-order valence-corrected chi connectivity index (χ0v) is 15.3. The lowest BCUT2D eigenvalue weighted by molar-refractivity contribution is -0.225. The molecule has 3 heteroatoms. The first-order chi connectivity index (χ1) is 11.5. The molecule has 5 aliphatic rings. The molecule has 4 aliphatic carbocycles. The fraction of sp³-hybridized carbons (Fsp3) is 0.952. The molecule has 4 saturated carbocycles. The van der Waals surface area contributed by atoms with Gasteiger partial charge in [-0.15, -0.1) is 0 Å². The summed E-state index contributed by atoms with van der Waals surface area (Å²) in [6.45, 7) is 6.34. The predicted octanol–water partition coefficient (Wildman–Crippen LogP) is 4.34. The zero-order chi connectivity index (χ0) is 16.6. The van der Waals surface area contributed by atoms with Crippen molar-refractivity contribution >= 4 is 5.78 Å². The van der Waals surface area contributed by atoms with Crippen molar-refractivity contribution in [3.05, 3.63) is 0 Å². The molecule has 0 aromatic rings. The number of rotatable bonds is 0. The zero-order valence-electron chi connectivity index (χ0n) is 15.3. The fourth-order valence-corrected chi connectivity index (χ4v) is 7.72. The third-order valence-corrected chi connectivity index (χ3v) is 9.06. The molecule has 0 aromatic heterocycles. The molecule has 134 valence electrons. The van der Waals surface area contributed by atoms with E-state index in [1.165, 1.54) is 32.1 Å². The summed E-state index contributed by atoms with van der Waals surface area (Å²) in [4.78, 5) is 13.2. The Kier molecular flexibility index (Phi) is 3.34. The number of hydrogen-bond acceptors (Lipinski definition) is 3. The van der Waals surface area contributed by atoms with Crippen LogP contribution < -0.4 is 0 Å². The molecule has 5 fully saturated rings. The van der Waals surface area contributed by atoms with Crippen LogP contribution in [0.25, 0.3) is 0 Å². The average molecular weight is 332 g/mol. The van der Waals surface area contributed by atoms with Gasteiger partial charge in [-0.3, -0.25) is 4.79 Å². The lowest BCUT2D eigenvalue weighted by Gasteiger charge is -2.60.